The van der Waals surface area contributed by atoms with E-state index in [-0.39, 0.29) is 17.6 Å². The quantitative estimate of drug-likeness (QED) is 0.698. The monoisotopic (exact) mass is 295 g/mol. The molecule has 0 aliphatic heterocycles. The Bertz CT molecular complexity index is 209. The largest absolute Gasteiger partial charge is 0.313 e. The minimum absolute atomic E-state index is 0.0687. The molecule has 2 nitrogen and oxygen atoms in total. The fourth-order valence-corrected chi connectivity index (χ4v) is 2.32. The first kappa shape index (κ1) is 16.0. The zero-order valence-electron chi connectivity index (χ0n) is 10.6. The molecule has 0 aromatic heterocycles. The van der Waals surface area contributed by atoms with Crippen molar-refractivity contribution in [3.63, 3.8) is 0 Å². The van der Waals surface area contributed by atoms with E-state index in [1.165, 1.54) is 0 Å². The summed E-state index contributed by atoms with van der Waals surface area (Å²) >= 11 is 3.47. The van der Waals surface area contributed by atoms with Crippen LogP contribution in [0, 0.1) is 11.8 Å². The van der Waals surface area contributed by atoms with Gasteiger partial charge in [0.2, 0.25) is 0 Å². The summed E-state index contributed by atoms with van der Waals surface area (Å²) in [7, 11) is 1.75. The molecule has 0 amide bonds. The van der Waals surface area contributed by atoms with Crippen LogP contribution in [-0.4, -0.2) is 30.4 Å². The molecule has 2 unspecified atom stereocenters. The summed E-state index contributed by atoms with van der Waals surface area (Å²) in [6, 6.07) is 0. The van der Waals surface area contributed by atoms with Crippen LogP contribution in [0.25, 0.3) is 0 Å². The lowest BCUT2D eigenvalue weighted by molar-refractivity contribution is -0.119. The van der Waals surface area contributed by atoms with Crippen molar-refractivity contribution in [2.45, 2.75) is 44.6 Å². The van der Waals surface area contributed by atoms with Gasteiger partial charge in [-0.25, -0.2) is 4.39 Å². The van der Waals surface area contributed by atoms with E-state index in [9.17, 15) is 9.18 Å². The molecule has 0 heterocycles. The van der Waals surface area contributed by atoms with Gasteiger partial charge in [-0.05, 0) is 32.2 Å². The van der Waals surface area contributed by atoms with Gasteiger partial charge >= 0.3 is 0 Å². The Morgan fingerprint density at radius 3 is 2.31 bits per heavy atom. The third kappa shape index (κ3) is 6.59. The summed E-state index contributed by atoms with van der Waals surface area (Å²) < 4.78 is 13.3. The number of alkyl halides is 2. The molecule has 0 aliphatic carbocycles. The van der Waals surface area contributed by atoms with Crippen LogP contribution in [0.2, 0.25) is 0 Å². The van der Waals surface area contributed by atoms with Crippen molar-refractivity contribution in [3.8, 4) is 0 Å². The maximum Gasteiger partial charge on any atom is 0.146 e. The van der Waals surface area contributed by atoms with Gasteiger partial charge in [0.05, 0.1) is 6.54 Å². The third-order valence-electron chi connectivity index (χ3n) is 2.96. The summed E-state index contributed by atoms with van der Waals surface area (Å²) in [5.41, 5.74) is 0. The van der Waals surface area contributed by atoms with Crippen molar-refractivity contribution in [1.82, 2.24) is 5.32 Å². The van der Waals surface area contributed by atoms with Crippen LogP contribution in [0.1, 0.15) is 33.6 Å². The molecule has 16 heavy (non-hydrogen) atoms. The summed E-state index contributed by atoms with van der Waals surface area (Å²) in [5.74, 6) is 0.212. The summed E-state index contributed by atoms with van der Waals surface area (Å²) in [4.78, 5) is 11.9. The summed E-state index contributed by atoms with van der Waals surface area (Å²) in [6.45, 7) is 5.86. The number of Topliss-reactive ketones (excluding diaryl/α,β-unsaturated/α-hetero) is 1. The van der Waals surface area contributed by atoms with Crippen molar-refractivity contribution in [2.24, 2.45) is 11.8 Å². The van der Waals surface area contributed by atoms with Gasteiger partial charge in [-0.2, -0.15) is 0 Å². The van der Waals surface area contributed by atoms with E-state index >= 15 is 0 Å². The minimum atomic E-state index is -0.862. The molecule has 0 saturated carbocycles. The maximum atomic E-state index is 13.3. The zero-order valence-corrected chi connectivity index (χ0v) is 12.2. The number of hydrogen-bond acceptors (Lipinski definition) is 2. The van der Waals surface area contributed by atoms with Gasteiger partial charge in [0, 0.05) is 11.2 Å². The lowest BCUT2D eigenvalue weighted by atomic mass is 9.83. The third-order valence-corrected chi connectivity index (χ3v) is 3.33. The lowest BCUT2D eigenvalue weighted by Crippen LogP contribution is -2.28. The Morgan fingerprint density at radius 1 is 1.38 bits per heavy atom. The molecule has 0 aliphatic rings. The van der Waals surface area contributed by atoms with E-state index < -0.39 is 6.17 Å². The smallest absolute Gasteiger partial charge is 0.146 e. The molecule has 0 spiro atoms. The minimum Gasteiger partial charge on any atom is -0.313 e. The second-order valence-corrected chi connectivity index (χ2v) is 6.15. The fourth-order valence-electron chi connectivity index (χ4n) is 1.84. The van der Waals surface area contributed by atoms with E-state index in [1.54, 1.807) is 14.0 Å². The average molecular weight is 296 g/mol. The van der Waals surface area contributed by atoms with Crippen LogP contribution in [0.5, 0.6) is 0 Å². The molecule has 0 aromatic carbocycles. The Morgan fingerprint density at radius 2 is 1.94 bits per heavy atom. The normalized spacial score (nSPS) is 18.9. The van der Waals surface area contributed by atoms with E-state index in [0.29, 0.717) is 17.8 Å². The van der Waals surface area contributed by atoms with Crippen LogP contribution in [0.4, 0.5) is 4.39 Å². The molecule has 4 heteroatoms. The predicted molar refractivity (Wildman–Crippen MR) is 69.8 cm³/mol. The first-order valence-electron chi connectivity index (χ1n) is 5.82. The number of hydrogen-bond donors (Lipinski definition) is 1. The van der Waals surface area contributed by atoms with Gasteiger partial charge in [-0.15, -0.1) is 0 Å². The second-order valence-electron chi connectivity index (χ2n) is 4.59. The molecule has 96 valence electrons. The molecule has 0 fully saturated rings. The molecule has 1 N–H and O–H groups in total. The van der Waals surface area contributed by atoms with Crippen LogP contribution in [0.15, 0.2) is 0 Å². The summed E-state index contributed by atoms with van der Waals surface area (Å²) in [6.07, 6.45) is 0.440. The Kier molecular flexibility index (Phi) is 8.20. The number of likely N-dealkylation sites (N-methyl/N-ethyl adjacent to an activating group) is 1. The lowest BCUT2D eigenvalue weighted by Gasteiger charge is -2.25. The molecule has 4 atom stereocenters. The van der Waals surface area contributed by atoms with E-state index in [1.807, 2.05) is 13.8 Å². The molecule has 0 saturated heterocycles. The maximum absolute atomic E-state index is 13.3. The zero-order chi connectivity index (χ0) is 12.7. The highest BCUT2D eigenvalue weighted by molar-refractivity contribution is 9.09. The molecule has 0 aromatic rings. The number of carbonyl (C=O) groups excluding carboxylic acids is 1. The SMILES string of the molecule is CNCC(=O)C[C@H](CC(C)Br)C(C)[C@H](C)F. The molecule has 0 bridgehead atoms. The van der Waals surface area contributed by atoms with E-state index in [0.717, 1.165) is 6.42 Å². The van der Waals surface area contributed by atoms with Crippen molar-refractivity contribution in [3.05, 3.63) is 0 Å². The first-order chi connectivity index (χ1) is 7.38. The molecule has 0 radical (unpaired) electrons. The van der Waals surface area contributed by atoms with Gasteiger partial charge < -0.3 is 5.32 Å². The Labute approximate surface area is 106 Å². The average Bonchev–Trinajstić information content (AvgIpc) is 2.15. The highest BCUT2D eigenvalue weighted by atomic mass is 79.9. The fraction of sp³-hybridized carbons (Fsp3) is 0.917. The molecular formula is C12H23BrFNO. The number of rotatable bonds is 8. The second kappa shape index (κ2) is 8.18. The molecular weight excluding hydrogens is 273 g/mol. The van der Waals surface area contributed by atoms with E-state index in [2.05, 4.69) is 21.2 Å². The van der Waals surface area contributed by atoms with Crippen molar-refractivity contribution in [1.29, 1.82) is 0 Å². The number of halogens is 2. The van der Waals surface area contributed by atoms with Gasteiger partial charge in [0.15, 0.2) is 0 Å². The van der Waals surface area contributed by atoms with Gasteiger partial charge in [-0.1, -0.05) is 29.8 Å². The van der Waals surface area contributed by atoms with Gasteiger partial charge in [0.25, 0.3) is 0 Å². The number of carbonyl (C=O) groups is 1. The number of ketones is 1. The predicted octanol–water partition coefficient (Wildman–Crippen LogP) is 2.95. The van der Waals surface area contributed by atoms with Crippen molar-refractivity contribution in [2.75, 3.05) is 13.6 Å². The van der Waals surface area contributed by atoms with Crippen molar-refractivity contribution >= 4 is 21.7 Å². The van der Waals surface area contributed by atoms with Crippen molar-refractivity contribution < 1.29 is 9.18 Å². The standard InChI is InChI=1S/C12H23BrFNO/c1-8(13)5-11(9(2)10(3)14)6-12(16)7-15-4/h8-11,15H,5-7H2,1-4H3/t8?,9?,10-,11-/m0/s1. The Hall–Kier alpha value is 0.0400. The first-order valence-corrected chi connectivity index (χ1v) is 6.74. The topological polar surface area (TPSA) is 29.1 Å². The van der Waals surface area contributed by atoms with Crippen LogP contribution in [-0.2, 0) is 4.79 Å². The van der Waals surface area contributed by atoms with Crippen LogP contribution in [0.3, 0.4) is 0 Å². The van der Waals surface area contributed by atoms with Crippen LogP contribution >= 0.6 is 15.9 Å². The van der Waals surface area contributed by atoms with Crippen LogP contribution < -0.4 is 5.32 Å². The summed E-state index contributed by atoms with van der Waals surface area (Å²) in [5, 5.41) is 2.84. The highest BCUT2D eigenvalue weighted by Gasteiger charge is 2.25. The number of nitrogens with one attached hydrogen (secondary N) is 1. The van der Waals surface area contributed by atoms with E-state index in [4.69, 9.17) is 0 Å². The highest BCUT2D eigenvalue weighted by Crippen LogP contribution is 2.28. The van der Waals surface area contributed by atoms with Gasteiger partial charge in [-0.3, -0.25) is 4.79 Å². The van der Waals surface area contributed by atoms with Gasteiger partial charge in [0.1, 0.15) is 12.0 Å². The molecule has 0 rings (SSSR count). The Balaban J connectivity index is 4.36.